The van der Waals surface area contributed by atoms with Crippen LogP contribution >= 0.6 is 0 Å². The van der Waals surface area contributed by atoms with Crippen LogP contribution in [0.5, 0.6) is 0 Å². The van der Waals surface area contributed by atoms with Crippen LogP contribution in [0, 0.1) is 5.92 Å². The molecule has 0 spiro atoms. The van der Waals surface area contributed by atoms with E-state index in [0.717, 1.165) is 0 Å². The molecule has 1 N–H and O–H groups in total. The first kappa shape index (κ1) is 19.1. The van der Waals surface area contributed by atoms with E-state index in [4.69, 9.17) is 4.74 Å². The molecule has 0 aromatic heterocycles. The lowest BCUT2D eigenvalue weighted by Crippen LogP contribution is -2.38. The van der Waals surface area contributed by atoms with Crippen molar-refractivity contribution in [1.29, 1.82) is 0 Å². The molecule has 1 aromatic rings. The number of ketones is 1. The van der Waals surface area contributed by atoms with Crippen LogP contribution in [0.4, 0.5) is 5.69 Å². The number of aliphatic hydroxyl groups is 1. The number of anilines is 1. The molecule has 1 aromatic carbocycles. The first-order valence-electron chi connectivity index (χ1n) is 8.29. The maximum absolute atomic E-state index is 12.2. The lowest BCUT2D eigenvalue weighted by Gasteiger charge is -2.21. The summed E-state index contributed by atoms with van der Waals surface area (Å²) in [5.74, 6) is -1.47. The molecule has 0 radical (unpaired) electrons. The first-order chi connectivity index (χ1) is 11.4. The summed E-state index contributed by atoms with van der Waals surface area (Å²) < 4.78 is 5.30. The summed E-state index contributed by atoms with van der Waals surface area (Å²) in [6.45, 7) is 8.47. The topological polar surface area (TPSA) is 83.9 Å². The van der Waals surface area contributed by atoms with Gasteiger partial charge in [-0.25, -0.2) is 4.79 Å². The molecule has 1 amide bonds. The molecule has 25 heavy (non-hydrogen) atoms. The van der Waals surface area contributed by atoms with Crippen molar-refractivity contribution in [1.82, 2.24) is 0 Å². The van der Waals surface area contributed by atoms with Gasteiger partial charge in [0.05, 0.1) is 5.56 Å². The third-order valence-electron chi connectivity index (χ3n) is 3.91. The van der Waals surface area contributed by atoms with E-state index >= 15 is 0 Å². The van der Waals surface area contributed by atoms with Crippen LogP contribution in [-0.2, 0) is 14.3 Å². The number of Topliss-reactive ketones (excluding diaryl/α,β-unsaturated/α-hetero) is 1. The number of carbonyl (C=O) groups is 3. The largest absolute Gasteiger partial charge is 0.456 e. The molecule has 0 aliphatic carbocycles. The number of esters is 1. The van der Waals surface area contributed by atoms with Gasteiger partial charge in [0.1, 0.15) is 11.2 Å². The third kappa shape index (κ3) is 4.66. The number of ether oxygens (including phenoxy) is 1. The Balaban J connectivity index is 2.11. The van der Waals surface area contributed by atoms with Crippen LogP contribution in [0.1, 0.15) is 51.4 Å². The Morgan fingerprint density at radius 2 is 1.68 bits per heavy atom. The number of rotatable bonds is 4. The molecule has 0 bridgehead atoms. The van der Waals surface area contributed by atoms with Crippen LogP contribution in [0.2, 0.25) is 0 Å². The van der Waals surface area contributed by atoms with E-state index in [1.807, 2.05) is 0 Å². The molecule has 0 saturated carbocycles. The summed E-state index contributed by atoms with van der Waals surface area (Å²) in [5.41, 5.74) is -1.02. The summed E-state index contributed by atoms with van der Waals surface area (Å²) in [7, 11) is 0. The van der Waals surface area contributed by atoms with Crippen LogP contribution < -0.4 is 4.90 Å². The van der Waals surface area contributed by atoms with Crippen molar-refractivity contribution in [2.75, 3.05) is 11.4 Å². The van der Waals surface area contributed by atoms with Gasteiger partial charge in [-0.05, 0) is 58.9 Å². The van der Waals surface area contributed by atoms with Gasteiger partial charge in [0.25, 0.3) is 0 Å². The average Bonchev–Trinajstić information content (AvgIpc) is 2.85. The van der Waals surface area contributed by atoms with Crippen molar-refractivity contribution in [3.05, 3.63) is 29.8 Å². The van der Waals surface area contributed by atoms with Crippen molar-refractivity contribution < 1.29 is 24.2 Å². The fourth-order valence-corrected chi connectivity index (χ4v) is 2.75. The highest BCUT2D eigenvalue weighted by Crippen LogP contribution is 2.28. The molecule has 136 valence electrons. The molecule has 1 heterocycles. The summed E-state index contributed by atoms with van der Waals surface area (Å²) in [6, 6.07) is 6.52. The molecule has 1 aliphatic rings. The second kappa shape index (κ2) is 6.59. The van der Waals surface area contributed by atoms with E-state index in [9.17, 15) is 19.5 Å². The van der Waals surface area contributed by atoms with Crippen molar-refractivity contribution >= 4 is 23.3 Å². The fourth-order valence-electron chi connectivity index (χ4n) is 2.75. The lowest BCUT2D eigenvalue weighted by molar-refractivity contribution is -0.138. The smallest absolute Gasteiger partial charge is 0.338 e. The van der Waals surface area contributed by atoms with Gasteiger partial charge in [0.15, 0.2) is 5.78 Å². The van der Waals surface area contributed by atoms with Crippen molar-refractivity contribution in [3.63, 3.8) is 0 Å². The van der Waals surface area contributed by atoms with E-state index in [1.165, 1.54) is 18.7 Å². The normalized spacial score (nSPS) is 18.4. The molecule has 1 saturated heterocycles. The zero-order chi connectivity index (χ0) is 19.0. The van der Waals surface area contributed by atoms with Gasteiger partial charge in [-0.1, -0.05) is 0 Å². The summed E-state index contributed by atoms with van der Waals surface area (Å²) >= 11 is 0. The summed E-state index contributed by atoms with van der Waals surface area (Å²) in [5, 5.41) is 9.85. The fraction of sp³-hybridized carbons (Fsp3) is 0.526. The van der Waals surface area contributed by atoms with Crippen molar-refractivity contribution in [3.8, 4) is 0 Å². The lowest BCUT2D eigenvalue weighted by atomic mass is 9.91. The van der Waals surface area contributed by atoms with Crippen LogP contribution in [0.15, 0.2) is 24.3 Å². The Labute approximate surface area is 147 Å². The molecule has 6 heteroatoms. The van der Waals surface area contributed by atoms with Gasteiger partial charge in [0, 0.05) is 24.6 Å². The SMILES string of the molecule is CC(C)(C)OC(=O)c1ccc(N2CC(C(=O)C(C)(C)O)CC2=O)cc1. The van der Waals surface area contributed by atoms with E-state index in [1.54, 1.807) is 45.0 Å². The van der Waals surface area contributed by atoms with Gasteiger partial charge in [0.2, 0.25) is 5.91 Å². The maximum atomic E-state index is 12.2. The highest BCUT2D eigenvalue weighted by Gasteiger charge is 2.40. The Morgan fingerprint density at radius 1 is 1.12 bits per heavy atom. The zero-order valence-electron chi connectivity index (χ0n) is 15.3. The second-order valence-corrected chi connectivity index (χ2v) is 7.88. The molecular weight excluding hydrogens is 322 g/mol. The third-order valence-corrected chi connectivity index (χ3v) is 3.91. The monoisotopic (exact) mass is 347 g/mol. The highest BCUT2D eigenvalue weighted by atomic mass is 16.6. The molecular formula is C19H25NO5. The molecule has 1 atom stereocenters. The van der Waals surface area contributed by atoms with Crippen molar-refractivity contribution in [2.24, 2.45) is 5.92 Å². The van der Waals surface area contributed by atoms with Crippen LogP contribution in [-0.4, -0.2) is 40.5 Å². The zero-order valence-corrected chi connectivity index (χ0v) is 15.3. The van der Waals surface area contributed by atoms with E-state index in [0.29, 0.717) is 11.3 Å². The van der Waals surface area contributed by atoms with E-state index in [2.05, 4.69) is 0 Å². The summed E-state index contributed by atoms with van der Waals surface area (Å²) in [6.07, 6.45) is 0.0800. The standard InChI is InChI=1S/C19H25NO5/c1-18(2,3)25-17(23)12-6-8-14(9-7-12)20-11-13(10-15(20)21)16(22)19(4,5)24/h6-9,13,24H,10-11H2,1-5H3. The van der Waals surface area contributed by atoms with Gasteiger partial charge in [-0.15, -0.1) is 0 Å². The predicted molar refractivity (Wildman–Crippen MR) is 93.4 cm³/mol. The average molecular weight is 347 g/mol. The Kier molecular flexibility index (Phi) is 5.04. The Hall–Kier alpha value is -2.21. The molecule has 2 rings (SSSR count). The predicted octanol–water partition coefficient (Wildman–Crippen LogP) is 2.33. The first-order valence-corrected chi connectivity index (χ1v) is 8.29. The molecule has 1 aliphatic heterocycles. The van der Waals surface area contributed by atoms with E-state index < -0.39 is 23.1 Å². The second-order valence-electron chi connectivity index (χ2n) is 7.88. The maximum Gasteiger partial charge on any atom is 0.338 e. The molecule has 1 fully saturated rings. The Bertz CT molecular complexity index is 679. The minimum absolute atomic E-state index is 0.0800. The number of nitrogens with zero attached hydrogens (tertiary/aromatic N) is 1. The number of hydrogen-bond acceptors (Lipinski definition) is 5. The minimum atomic E-state index is -1.46. The number of hydrogen-bond donors (Lipinski definition) is 1. The van der Waals surface area contributed by atoms with Gasteiger partial charge in [-0.2, -0.15) is 0 Å². The Morgan fingerprint density at radius 3 is 2.16 bits per heavy atom. The van der Waals surface area contributed by atoms with Gasteiger partial charge in [-0.3, -0.25) is 9.59 Å². The van der Waals surface area contributed by atoms with Gasteiger partial charge < -0.3 is 14.7 Å². The molecule has 6 nitrogen and oxygen atoms in total. The number of amides is 1. The number of benzene rings is 1. The molecule has 1 unspecified atom stereocenters. The number of carbonyl (C=O) groups excluding carboxylic acids is 3. The van der Waals surface area contributed by atoms with Crippen LogP contribution in [0.3, 0.4) is 0 Å². The van der Waals surface area contributed by atoms with Crippen molar-refractivity contribution in [2.45, 2.75) is 52.2 Å². The minimum Gasteiger partial charge on any atom is -0.456 e. The summed E-state index contributed by atoms with van der Waals surface area (Å²) in [4.78, 5) is 37.9. The quantitative estimate of drug-likeness (QED) is 0.845. The highest BCUT2D eigenvalue weighted by molar-refractivity contribution is 6.02. The van der Waals surface area contributed by atoms with Crippen LogP contribution in [0.25, 0.3) is 0 Å². The van der Waals surface area contributed by atoms with Gasteiger partial charge >= 0.3 is 5.97 Å². The van der Waals surface area contributed by atoms with E-state index in [-0.39, 0.29) is 24.7 Å².